The van der Waals surface area contributed by atoms with Crippen LogP contribution in [0.2, 0.25) is 5.02 Å². The third kappa shape index (κ3) is 3.79. The molecule has 6 heteroatoms. The molecule has 1 atom stereocenters. The highest BCUT2D eigenvalue weighted by Crippen LogP contribution is 2.24. The number of hydrogen-bond acceptors (Lipinski definition) is 3. The minimum absolute atomic E-state index is 0.182. The van der Waals surface area contributed by atoms with Crippen molar-refractivity contribution in [3.8, 4) is 0 Å². The molecule has 1 unspecified atom stereocenters. The average molecular weight is 347 g/mol. The zero-order chi connectivity index (χ0) is 16.9. The first kappa shape index (κ1) is 17.0. The number of hydrogen-bond donors (Lipinski definition) is 1. The summed E-state index contributed by atoms with van der Waals surface area (Å²) in [4.78, 5) is 15.0. The van der Waals surface area contributed by atoms with Gasteiger partial charge in [0.05, 0.1) is 17.3 Å². The molecule has 128 valence electrons. The number of carbonyl (C=O) groups is 1. The van der Waals surface area contributed by atoms with Gasteiger partial charge >= 0.3 is 0 Å². The number of amides is 1. The Hall–Kier alpha value is -1.85. The van der Waals surface area contributed by atoms with E-state index in [2.05, 4.69) is 27.4 Å². The van der Waals surface area contributed by atoms with Gasteiger partial charge in [0.1, 0.15) is 5.69 Å². The number of nitrogens with one attached hydrogen (secondary N) is 1. The summed E-state index contributed by atoms with van der Waals surface area (Å²) in [6.07, 6.45) is 5.21. The first-order valence-electron chi connectivity index (χ1n) is 8.41. The number of aromatic nitrogens is 2. The molecule has 2 heterocycles. The molecule has 0 aliphatic carbocycles. The van der Waals surface area contributed by atoms with Crippen molar-refractivity contribution in [3.05, 3.63) is 52.8 Å². The molecule has 0 spiro atoms. The lowest BCUT2D eigenvalue weighted by Crippen LogP contribution is -2.41. The van der Waals surface area contributed by atoms with E-state index in [1.165, 1.54) is 35.7 Å². The topological polar surface area (TPSA) is 50.2 Å². The predicted molar refractivity (Wildman–Crippen MR) is 95.2 cm³/mol. The largest absolute Gasteiger partial charge is 0.349 e. The zero-order valence-electron chi connectivity index (χ0n) is 13.9. The Morgan fingerprint density at radius 3 is 2.58 bits per heavy atom. The van der Waals surface area contributed by atoms with E-state index in [-0.39, 0.29) is 11.9 Å². The SMILES string of the molecule is Cn1ncc(Cl)c1C(=O)NCC(c1ccccc1)N1CCCCC1. The molecule has 0 radical (unpaired) electrons. The smallest absolute Gasteiger partial charge is 0.271 e. The molecule has 0 bridgehead atoms. The van der Waals surface area contributed by atoms with E-state index in [1.807, 2.05) is 18.2 Å². The molecular weight excluding hydrogens is 324 g/mol. The molecule has 5 nitrogen and oxygen atoms in total. The van der Waals surface area contributed by atoms with Crippen molar-refractivity contribution >= 4 is 17.5 Å². The van der Waals surface area contributed by atoms with E-state index in [1.54, 1.807) is 7.05 Å². The van der Waals surface area contributed by atoms with Crippen molar-refractivity contribution in [2.24, 2.45) is 7.05 Å². The van der Waals surface area contributed by atoms with E-state index < -0.39 is 0 Å². The molecule has 24 heavy (non-hydrogen) atoms. The Labute approximate surface area is 147 Å². The highest BCUT2D eigenvalue weighted by Gasteiger charge is 2.24. The van der Waals surface area contributed by atoms with Crippen LogP contribution >= 0.6 is 11.6 Å². The fourth-order valence-electron chi connectivity index (χ4n) is 3.30. The van der Waals surface area contributed by atoms with Crippen LogP contribution in [-0.2, 0) is 7.05 Å². The lowest BCUT2D eigenvalue weighted by molar-refractivity contribution is 0.0915. The molecule has 1 amide bonds. The van der Waals surface area contributed by atoms with Gasteiger partial charge in [0, 0.05) is 13.6 Å². The lowest BCUT2D eigenvalue weighted by Gasteiger charge is -2.35. The molecule has 3 rings (SSSR count). The van der Waals surface area contributed by atoms with Gasteiger partial charge in [-0.15, -0.1) is 0 Å². The van der Waals surface area contributed by atoms with E-state index >= 15 is 0 Å². The van der Waals surface area contributed by atoms with Gasteiger partial charge in [-0.3, -0.25) is 14.4 Å². The third-order valence-electron chi connectivity index (χ3n) is 4.58. The molecular formula is C18H23ClN4O. The maximum atomic E-state index is 12.5. The maximum absolute atomic E-state index is 12.5. The van der Waals surface area contributed by atoms with Crippen LogP contribution in [0.4, 0.5) is 0 Å². The number of halogens is 1. The van der Waals surface area contributed by atoms with Crippen LogP contribution in [-0.4, -0.2) is 40.2 Å². The Morgan fingerprint density at radius 1 is 1.25 bits per heavy atom. The summed E-state index contributed by atoms with van der Waals surface area (Å²) in [5.41, 5.74) is 1.64. The second kappa shape index (κ2) is 7.81. The van der Waals surface area contributed by atoms with E-state index in [0.717, 1.165) is 13.1 Å². The monoisotopic (exact) mass is 346 g/mol. The predicted octanol–water partition coefficient (Wildman–Crippen LogP) is 3.03. The summed E-state index contributed by atoms with van der Waals surface area (Å²) in [6, 6.07) is 10.6. The van der Waals surface area contributed by atoms with Crippen LogP contribution in [0.25, 0.3) is 0 Å². The number of aryl methyl sites for hydroxylation is 1. The van der Waals surface area contributed by atoms with Crippen LogP contribution in [0.1, 0.15) is 41.4 Å². The van der Waals surface area contributed by atoms with Crippen LogP contribution in [0, 0.1) is 0 Å². The van der Waals surface area contributed by atoms with Crippen molar-refractivity contribution in [2.45, 2.75) is 25.3 Å². The first-order chi connectivity index (χ1) is 11.7. The second-order valence-corrected chi connectivity index (χ2v) is 6.61. The molecule has 1 aromatic heterocycles. The second-order valence-electron chi connectivity index (χ2n) is 6.20. The molecule has 1 aliphatic rings. The fraction of sp³-hybridized carbons (Fsp3) is 0.444. The maximum Gasteiger partial charge on any atom is 0.271 e. The Balaban J connectivity index is 1.73. The molecule has 1 N–H and O–H groups in total. The van der Waals surface area contributed by atoms with Crippen LogP contribution in [0.3, 0.4) is 0 Å². The van der Waals surface area contributed by atoms with Crippen molar-refractivity contribution < 1.29 is 4.79 Å². The molecule has 0 saturated carbocycles. The van der Waals surface area contributed by atoms with Gasteiger partial charge in [-0.2, -0.15) is 5.10 Å². The molecule has 2 aromatic rings. The van der Waals surface area contributed by atoms with Gasteiger partial charge < -0.3 is 5.32 Å². The van der Waals surface area contributed by atoms with Crippen molar-refractivity contribution in [1.29, 1.82) is 0 Å². The lowest BCUT2D eigenvalue weighted by atomic mass is 10.0. The van der Waals surface area contributed by atoms with Gasteiger partial charge in [-0.25, -0.2) is 0 Å². The van der Waals surface area contributed by atoms with Gasteiger partial charge in [0.25, 0.3) is 5.91 Å². The van der Waals surface area contributed by atoms with Crippen LogP contribution in [0.5, 0.6) is 0 Å². The summed E-state index contributed by atoms with van der Waals surface area (Å²) in [5, 5.41) is 7.44. The molecule has 1 fully saturated rings. The number of benzene rings is 1. The van der Waals surface area contributed by atoms with Gasteiger partial charge in [0.15, 0.2) is 0 Å². The van der Waals surface area contributed by atoms with E-state index in [4.69, 9.17) is 11.6 Å². The third-order valence-corrected chi connectivity index (χ3v) is 4.86. The van der Waals surface area contributed by atoms with Crippen molar-refractivity contribution in [2.75, 3.05) is 19.6 Å². The normalized spacial score (nSPS) is 16.8. The summed E-state index contributed by atoms with van der Waals surface area (Å²) in [5.74, 6) is -0.182. The number of rotatable bonds is 5. The van der Waals surface area contributed by atoms with E-state index in [0.29, 0.717) is 17.3 Å². The van der Waals surface area contributed by atoms with Crippen LogP contribution in [0.15, 0.2) is 36.5 Å². The molecule has 1 aliphatic heterocycles. The Morgan fingerprint density at radius 2 is 1.96 bits per heavy atom. The van der Waals surface area contributed by atoms with Gasteiger partial charge in [0.2, 0.25) is 0 Å². The number of likely N-dealkylation sites (tertiary alicyclic amines) is 1. The average Bonchev–Trinajstić information content (AvgIpc) is 2.95. The molecule has 1 saturated heterocycles. The van der Waals surface area contributed by atoms with Gasteiger partial charge in [-0.1, -0.05) is 48.4 Å². The highest BCUT2D eigenvalue weighted by molar-refractivity contribution is 6.33. The quantitative estimate of drug-likeness (QED) is 0.905. The number of carbonyl (C=O) groups excluding carboxylic acids is 1. The van der Waals surface area contributed by atoms with Crippen molar-refractivity contribution in [1.82, 2.24) is 20.0 Å². The summed E-state index contributed by atoms with van der Waals surface area (Å²) in [6.45, 7) is 2.70. The van der Waals surface area contributed by atoms with Gasteiger partial charge in [-0.05, 0) is 31.5 Å². The Bertz CT molecular complexity index is 660. The number of nitrogens with zero attached hydrogens (tertiary/aromatic N) is 3. The highest BCUT2D eigenvalue weighted by atomic mass is 35.5. The first-order valence-corrected chi connectivity index (χ1v) is 8.79. The Kier molecular flexibility index (Phi) is 5.53. The zero-order valence-corrected chi connectivity index (χ0v) is 14.7. The summed E-state index contributed by atoms with van der Waals surface area (Å²) in [7, 11) is 1.72. The number of piperidine rings is 1. The minimum Gasteiger partial charge on any atom is -0.349 e. The molecule has 1 aromatic carbocycles. The summed E-state index contributed by atoms with van der Waals surface area (Å²) >= 11 is 6.07. The van der Waals surface area contributed by atoms with Crippen LogP contribution < -0.4 is 5.32 Å². The fourth-order valence-corrected chi connectivity index (χ4v) is 3.55. The standard InChI is InChI=1S/C18H23ClN4O/c1-22-17(15(19)12-21-22)18(24)20-13-16(14-8-4-2-5-9-14)23-10-6-3-7-11-23/h2,4-5,8-9,12,16H,3,6-7,10-11,13H2,1H3,(H,20,24). The minimum atomic E-state index is -0.182. The van der Waals surface area contributed by atoms with Crippen molar-refractivity contribution in [3.63, 3.8) is 0 Å². The summed E-state index contributed by atoms with van der Waals surface area (Å²) < 4.78 is 1.51. The van der Waals surface area contributed by atoms with E-state index in [9.17, 15) is 4.79 Å².